The summed E-state index contributed by atoms with van der Waals surface area (Å²) in [6, 6.07) is 11.6. The maximum absolute atomic E-state index is 13.6. The first-order valence-electron chi connectivity index (χ1n) is 12.2. The molecule has 0 saturated heterocycles. The molecule has 1 heterocycles. The summed E-state index contributed by atoms with van der Waals surface area (Å²) in [7, 11) is 0. The van der Waals surface area contributed by atoms with Crippen LogP contribution in [0.5, 0.6) is 0 Å². The average molecular weight is 514 g/mol. The van der Waals surface area contributed by atoms with Gasteiger partial charge in [0, 0.05) is 24.6 Å². The van der Waals surface area contributed by atoms with Gasteiger partial charge in [-0.05, 0) is 67.6 Å². The normalized spacial score (nSPS) is 14.8. The van der Waals surface area contributed by atoms with Crippen LogP contribution in [0.15, 0.2) is 48.5 Å². The number of carbonyl (C=O) groups excluding carboxylic acids is 1. The van der Waals surface area contributed by atoms with Crippen LogP contribution >= 0.6 is 0 Å². The first-order chi connectivity index (χ1) is 17.7. The number of rotatable bonds is 12. The molecule has 4 rings (SSSR count). The highest BCUT2D eigenvalue weighted by atomic mass is 19.1. The van der Waals surface area contributed by atoms with E-state index in [-0.39, 0.29) is 37.5 Å². The number of aliphatic hydroxyl groups is 2. The zero-order chi connectivity index (χ0) is 26.5. The zero-order valence-electron chi connectivity index (χ0n) is 20.1. The van der Waals surface area contributed by atoms with Gasteiger partial charge in [0.25, 0.3) is 5.91 Å². The molecule has 1 fully saturated rings. The molecule has 0 bridgehead atoms. The van der Waals surface area contributed by atoms with Gasteiger partial charge in [-0.2, -0.15) is 0 Å². The van der Waals surface area contributed by atoms with Crippen molar-refractivity contribution in [1.82, 2.24) is 14.9 Å². The van der Waals surface area contributed by atoms with E-state index in [0.717, 1.165) is 12.8 Å². The molecule has 3 aromatic rings. The van der Waals surface area contributed by atoms with Crippen molar-refractivity contribution in [3.8, 4) is 11.4 Å². The maximum atomic E-state index is 13.6. The second-order valence-corrected chi connectivity index (χ2v) is 9.34. The molecule has 0 unspecified atom stereocenters. The van der Waals surface area contributed by atoms with E-state index in [2.05, 4.69) is 10.3 Å². The van der Waals surface area contributed by atoms with E-state index in [1.165, 1.54) is 24.3 Å². The molecule has 2 aromatic carbocycles. The Bertz CT molecular complexity index is 1260. The number of carbonyl (C=O) groups is 2. The zero-order valence-corrected chi connectivity index (χ0v) is 20.1. The van der Waals surface area contributed by atoms with Gasteiger partial charge in [-0.1, -0.05) is 12.1 Å². The number of aliphatic hydroxyl groups excluding tert-OH is 2. The first-order valence-corrected chi connectivity index (χ1v) is 12.2. The van der Waals surface area contributed by atoms with Crippen molar-refractivity contribution in [2.75, 3.05) is 0 Å². The van der Waals surface area contributed by atoms with Crippen molar-refractivity contribution < 1.29 is 33.7 Å². The van der Waals surface area contributed by atoms with Gasteiger partial charge >= 0.3 is 5.97 Å². The van der Waals surface area contributed by atoms with Gasteiger partial charge in [0.1, 0.15) is 23.2 Å². The summed E-state index contributed by atoms with van der Waals surface area (Å²) in [6.45, 7) is 0.364. The maximum Gasteiger partial charge on any atom is 0.305 e. The molecule has 10 heteroatoms. The molecule has 1 saturated carbocycles. The van der Waals surface area contributed by atoms with Gasteiger partial charge in [0.2, 0.25) is 0 Å². The van der Waals surface area contributed by atoms with E-state index in [9.17, 15) is 28.6 Å². The summed E-state index contributed by atoms with van der Waals surface area (Å²) in [5.41, 5.74) is 2.11. The summed E-state index contributed by atoms with van der Waals surface area (Å²) in [5.74, 6) is -1.87. The fourth-order valence-corrected chi connectivity index (χ4v) is 4.36. The Labute approximate surface area is 212 Å². The Morgan fingerprint density at radius 3 is 2.43 bits per heavy atom. The highest BCUT2D eigenvalue weighted by Crippen LogP contribution is 2.43. The highest BCUT2D eigenvalue weighted by molar-refractivity contribution is 5.94. The number of nitrogens with zero attached hydrogens (tertiary/aromatic N) is 2. The molecule has 4 N–H and O–H groups in total. The lowest BCUT2D eigenvalue weighted by atomic mass is 10.1. The Kier molecular flexibility index (Phi) is 8.30. The topological polar surface area (TPSA) is 125 Å². The number of carboxylic acid groups (broad SMARTS) is 1. The van der Waals surface area contributed by atoms with Crippen LogP contribution in [0.3, 0.4) is 0 Å². The number of benzene rings is 2. The lowest BCUT2D eigenvalue weighted by molar-refractivity contribution is -0.139. The Hall–Kier alpha value is -3.63. The molecular weight excluding hydrogens is 484 g/mol. The number of aromatic nitrogens is 2. The minimum absolute atomic E-state index is 0.0892. The van der Waals surface area contributed by atoms with E-state index < -0.39 is 42.1 Å². The summed E-state index contributed by atoms with van der Waals surface area (Å²) in [5, 5.41) is 31.9. The molecule has 37 heavy (non-hydrogen) atoms. The van der Waals surface area contributed by atoms with Crippen LogP contribution in [0, 0.1) is 11.6 Å². The Morgan fingerprint density at radius 2 is 1.78 bits per heavy atom. The highest BCUT2D eigenvalue weighted by Gasteiger charge is 2.35. The number of nitrogens with one attached hydrogen (secondary N) is 1. The van der Waals surface area contributed by atoms with Crippen molar-refractivity contribution in [1.29, 1.82) is 0 Å². The smallest absolute Gasteiger partial charge is 0.305 e. The van der Waals surface area contributed by atoms with Gasteiger partial charge in [-0.3, -0.25) is 9.59 Å². The van der Waals surface area contributed by atoms with Crippen molar-refractivity contribution in [3.05, 3.63) is 77.1 Å². The number of aliphatic carboxylic acids is 1. The Balaban J connectivity index is 1.60. The van der Waals surface area contributed by atoms with E-state index in [1.54, 1.807) is 24.3 Å². The third kappa shape index (κ3) is 6.99. The predicted molar refractivity (Wildman–Crippen MR) is 131 cm³/mol. The third-order valence-electron chi connectivity index (χ3n) is 6.27. The van der Waals surface area contributed by atoms with Crippen LogP contribution in [0.2, 0.25) is 0 Å². The molecule has 1 aliphatic rings. The van der Waals surface area contributed by atoms with E-state index >= 15 is 0 Å². The monoisotopic (exact) mass is 513 g/mol. The lowest BCUT2D eigenvalue weighted by Gasteiger charge is -2.17. The average Bonchev–Trinajstić information content (AvgIpc) is 3.61. The molecule has 2 atom stereocenters. The summed E-state index contributed by atoms with van der Waals surface area (Å²) >= 11 is 0. The molecule has 1 aliphatic carbocycles. The summed E-state index contributed by atoms with van der Waals surface area (Å²) < 4.78 is 29.0. The number of hydrogen-bond acceptors (Lipinski definition) is 5. The van der Waals surface area contributed by atoms with E-state index in [1.807, 2.05) is 4.57 Å². The number of hydrogen-bond donors (Lipinski definition) is 4. The Morgan fingerprint density at radius 1 is 1.05 bits per heavy atom. The van der Waals surface area contributed by atoms with Crippen LogP contribution in [0.1, 0.15) is 59.8 Å². The number of carboxylic acids is 1. The quantitative estimate of drug-likeness (QED) is 0.293. The standard InChI is InChI=1S/C27H29F2N3O5/c28-19-8-6-18(7-9-19)26-31-24(27(37)30-15-16-2-1-3-20(29)12-16)25(17-4-5-17)32(26)11-10-21(33)13-22(34)14-23(35)36/h1-3,6-9,12,17,21-22,33-34H,4-5,10-11,13-15H2,(H,30,37)(H,35,36)/t21-,22-/m1/s1. The van der Waals surface area contributed by atoms with Gasteiger partial charge in [-0.15, -0.1) is 0 Å². The van der Waals surface area contributed by atoms with Gasteiger partial charge in [0.05, 0.1) is 24.3 Å². The fraction of sp³-hybridized carbons (Fsp3) is 0.370. The lowest BCUT2D eigenvalue weighted by Crippen LogP contribution is -2.25. The molecule has 1 aromatic heterocycles. The third-order valence-corrected chi connectivity index (χ3v) is 6.27. The van der Waals surface area contributed by atoms with Crippen molar-refractivity contribution >= 4 is 11.9 Å². The molecule has 0 aliphatic heterocycles. The van der Waals surface area contributed by atoms with Crippen LogP contribution in [-0.2, 0) is 17.9 Å². The predicted octanol–water partition coefficient (Wildman–Crippen LogP) is 3.61. The van der Waals surface area contributed by atoms with Gasteiger partial charge in [0.15, 0.2) is 0 Å². The second kappa shape index (κ2) is 11.6. The minimum Gasteiger partial charge on any atom is -0.481 e. The SMILES string of the molecule is O=C(O)C[C@H](O)C[C@H](O)CCn1c(-c2ccc(F)cc2)nc(C(=O)NCc2cccc(F)c2)c1C1CC1. The summed E-state index contributed by atoms with van der Waals surface area (Å²) in [4.78, 5) is 28.7. The van der Waals surface area contributed by atoms with Gasteiger partial charge in [-0.25, -0.2) is 13.8 Å². The fourth-order valence-electron chi connectivity index (χ4n) is 4.36. The largest absolute Gasteiger partial charge is 0.481 e. The minimum atomic E-state index is -1.18. The second-order valence-electron chi connectivity index (χ2n) is 9.34. The molecule has 196 valence electrons. The van der Waals surface area contributed by atoms with Crippen molar-refractivity contribution in [3.63, 3.8) is 0 Å². The molecule has 0 radical (unpaired) electrons. The van der Waals surface area contributed by atoms with Crippen LogP contribution in [-0.4, -0.2) is 49.0 Å². The molecule has 1 amide bonds. The number of imidazole rings is 1. The van der Waals surface area contributed by atoms with Gasteiger partial charge < -0.3 is 25.2 Å². The summed E-state index contributed by atoms with van der Waals surface area (Å²) in [6.07, 6.45) is -0.824. The first kappa shape index (κ1) is 26.4. The van der Waals surface area contributed by atoms with Crippen LogP contribution < -0.4 is 5.32 Å². The van der Waals surface area contributed by atoms with E-state index in [4.69, 9.17) is 5.11 Å². The number of amides is 1. The molecule has 8 nitrogen and oxygen atoms in total. The van der Waals surface area contributed by atoms with E-state index in [0.29, 0.717) is 22.6 Å². The van der Waals surface area contributed by atoms with Crippen molar-refractivity contribution in [2.45, 2.75) is 63.3 Å². The van der Waals surface area contributed by atoms with Crippen LogP contribution in [0.4, 0.5) is 8.78 Å². The number of halogens is 2. The van der Waals surface area contributed by atoms with Crippen LogP contribution in [0.25, 0.3) is 11.4 Å². The van der Waals surface area contributed by atoms with Crippen molar-refractivity contribution in [2.24, 2.45) is 0 Å². The molecule has 0 spiro atoms. The molecular formula is C27H29F2N3O5.